The number of carboxylic acids is 1. The molecule has 0 atom stereocenters. The van der Waals surface area contributed by atoms with Crippen LogP contribution in [0.2, 0.25) is 0 Å². The second-order valence-corrected chi connectivity index (χ2v) is 2.96. The maximum atomic E-state index is 10.7. The lowest BCUT2D eigenvalue weighted by molar-refractivity contribution is -0.394. The van der Waals surface area contributed by atoms with E-state index >= 15 is 0 Å². The molecule has 0 aliphatic heterocycles. The van der Waals surface area contributed by atoms with Crippen LogP contribution < -0.4 is 0 Å². The minimum Gasteiger partial charge on any atom is -0.478 e. The van der Waals surface area contributed by atoms with Gasteiger partial charge in [0.05, 0.1) is 21.5 Å². The van der Waals surface area contributed by atoms with Gasteiger partial charge in [-0.3, -0.25) is 20.2 Å². The molecule has 0 aliphatic rings. The van der Waals surface area contributed by atoms with Crippen LogP contribution in [-0.4, -0.2) is 20.9 Å². The summed E-state index contributed by atoms with van der Waals surface area (Å²) in [6, 6.07) is 1.53. The minimum absolute atomic E-state index is 0.108. The third-order valence-corrected chi connectivity index (χ3v) is 2.00. The molecule has 0 saturated carbocycles. The summed E-state index contributed by atoms with van der Waals surface area (Å²) in [4.78, 5) is 30.0. The Bertz CT molecular complexity index is 462. The van der Waals surface area contributed by atoms with Crippen LogP contribution in [0.4, 0.5) is 11.4 Å². The molecule has 0 amide bonds. The van der Waals surface area contributed by atoms with Crippen LogP contribution in [-0.2, 0) is 0 Å². The average molecular weight is 256 g/mol. The summed E-state index contributed by atoms with van der Waals surface area (Å²) >= 11 is 0. The van der Waals surface area contributed by atoms with Gasteiger partial charge in [-0.05, 0) is 6.92 Å². The van der Waals surface area contributed by atoms with E-state index in [-0.39, 0.29) is 5.56 Å². The number of nitrogens with zero attached hydrogens (tertiary/aromatic N) is 2. The fourth-order valence-corrected chi connectivity index (χ4v) is 1.20. The predicted octanol–water partition coefficient (Wildman–Crippen LogP) is 2.54. The summed E-state index contributed by atoms with van der Waals surface area (Å²) in [7, 11) is 0. The van der Waals surface area contributed by atoms with Crippen molar-refractivity contribution in [2.75, 3.05) is 0 Å². The van der Waals surface area contributed by atoms with E-state index < -0.39 is 32.8 Å². The Morgan fingerprint density at radius 2 is 1.67 bits per heavy atom. The highest BCUT2D eigenvalue weighted by Crippen LogP contribution is 2.27. The van der Waals surface area contributed by atoms with Gasteiger partial charge in [0.2, 0.25) is 0 Å². The van der Waals surface area contributed by atoms with Crippen molar-refractivity contribution in [3.8, 4) is 0 Å². The number of rotatable bonds is 3. The molecule has 0 fully saturated rings. The second kappa shape index (κ2) is 6.28. The zero-order valence-corrected chi connectivity index (χ0v) is 10.0. The van der Waals surface area contributed by atoms with Crippen LogP contribution >= 0.6 is 0 Å². The number of carbonyl (C=O) groups is 1. The van der Waals surface area contributed by atoms with Crippen molar-refractivity contribution < 1.29 is 19.7 Å². The number of carboxylic acid groups (broad SMARTS) is 1. The molecule has 1 aromatic rings. The monoisotopic (exact) mass is 256 g/mol. The topological polar surface area (TPSA) is 124 Å². The lowest BCUT2D eigenvalue weighted by atomic mass is 10.1. The Balaban J connectivity index is 0.00000137. The summed E-state index contributed by atoms with van der Waals surface area (Å²) in [5, 5.41) is 29.7. The highest BCUT2D eigenvalue weighted by molar-refractivity contribution is 5.91. The number of nitro benzene ring substituents is 2. The zero-order valence-electron chi connectivity index (χ0n) is 10.0. The molecule has 8 heteroatoms. The van der Waals surface area contributed by atoms with Gasteiger partial charge in [-0.15, -0.1) is 0 Å². The van der Waals surface area contributed by atoms with Gasteiger partial charge in [-0.1, -0.05) is 13.8 Å². The Morgan fingerprint density at radius 1 is 1.17 bits per heavy atom. The van der Waals surface area contributed by atoms with Gasteiger partial charge in [0.15, 0.2) is 0 Å². The Hall–Kier alpha value is -2.51. The highest BCUT2D eigenvalue weighted by atomic mass is 16.6. The molecule has 18 heavy (non-hydrogen) atoms. The number of hydrogen-bond acceptors (Lipinski definition) is 5. The van der Waals surface area contributed by atoms with Gasteiger partial charge in [0, 0.05) is 11.6 Å². The molecule has 0 radical (unpaired) electrons. The summed E-state index contributed by atoms with van der Waals surface area (Å²) < 4.78 is 0. The van der Waals surface area contributed by atoms with Crippen molar-refractivity contribution in [1.29, 1.82) is 0 Å². The third-order valence-electron chi connectivity index (χ3n) is 2.00. The van der Waals surface area contributed by atoms with E-state index in [2.05, 4.69) is 0 Å². The summed E-state index contributed by atoms with van der Waals surface area (Å²) in [5.74, 6) is -1.44. The van der Waals surface area contributed by atoms with Crippen molar-refractivity contribution in [2.24, 2.45) is 0 Å². The zero-order chi connectivity index (χ0) is 14.5. The molecule has 0 unspecified atom stereocenters. The molecule has 1 aromatic carbocycles. The number of aromatic carboxylic acids is 1. The summed E-state index contributed by atoms with van der Waals surface area (Å²) in [6.45, 7) is 5.23. The van der Waals surface area contributed by atoms with E-state index in [1.165, 1.54) is 6.92 Å². The lowest BCUT2D eigenvalue weighted by Gasteiger charge is -2.01. The molecular weight excluding hydrogens is 244 g/mol. The molecule has 98 valence electrons. The number of benzene rings is 1. The quantitative estimate of drug-likeness (QED) is 0.654. The molecule has 0 spiro atoms. The van der Waals surface area contributed by atoms with Gasteiger partial charge in [-0.25, -0.2) is 4.79 Å². The van der Waals surface area contributed by atoms with E-state index in [1.807, 2.05) is 13.8 Å². The van der Waals surface area contributed by atoms with E-state index in [0.717, 1.165) is 12.1 Å². The minimum atomic E-state index is -1.44. The van der Waals surface area contributed by atoms with E-state index in [4.69, 9.17) is 5.11 Å². The molecule has 0 aliphatic carbocycles. The van der Waals surface area contributed by atoms with Crippen LogP contribution in [0.1, 0.15) is 29.8 Å². The second-order valence-electron chi connectivity index (χ2n) is 2.96. The first-order chi connectivity index (χ1) is 8.34. The smallest absolute Gasteiger partial charge is 0.336 e. The van der Waals surface area contributed by atoms with E-state index in [0.29, 0.717) is 0 Å². The molecule has 0 saturated heterocycles. The molecule has 0 aromatic heterocycles. The fraction of sp³-hybridized carbons (Fsp3) is 0.300. The Labute approximate surface area is 102 Å². The predicted molar refractivity (Wildman–Crippen MR) is 62.8 cm³/mol. The largest absolute Gasteiger partial charge is 0.478 e. The first-order valence-electron chi connectivity index (χ1n) is 5.01. The van der Waals surface area contributed by atoms with Crippen molar-refractivity contribution in [3.63, 3.8) is 0 Å². The van der Waals surface area contributed by atoms with Gasteiger partial charge >= 0.3 is 5.97 Å². The average Bonchev–Trinajstić information content (AvgIpc) is 2.30. The third kappa shape index (κ3) is 3.24. The SMILES string of the molecule is CC.Cc1c(C(=O)O)cc([N+](=O)[O-])cc1[N+](=O)[O-]. The van der Waals surface area contributed by atoms with Gasteiger partial charge in [-0.2, -0.15) is 0 Å². The Kier molecular flexibility index (Phi) is 5.40. The standard InChI is InChI=1S/C8H6N2O6.C2H6/c1-4-6(8(11)12)2-5(9(13)14)3-7(4)10(15)16;1-2/h2-3H,1H3,(H,11,12);1-2H3. The van der Waals surface area contributed by atoms with Crippen LogP contribution in [0.25, 0.3) is 0 Å². The van der Waals surface area contributed by atoms with E-state index in [1.54, 1.807) is 0 Å². The van der Waals surface area contributed by atoms with E-state index in [9.17, 15) is 25.0 Å². The number of non-ortho nitro benzene ring substituents is 1. The van der Waals surface area contributed by atoms with Crippen molar-refractivity contribution in [1.82, 2.24) is 0 Å². The lowest BCUT2D eigenvalue weighted by Crippen LogP contribution is -2.04. The highest BCUT2D eigenvalue weighted by Gasteiger charge is 2.24. The number of hydrogen-bond donors (Lipinski definition) is 1. The molecule has 1 N–H and O–H groups in total. The normalized spacial score (nSPS) is 9.06. The first-order valence-corrected chi connectivity index (χ1v) is 5.01. The Morgan fingerprint density at radius 3 is 2.00 bits per heavy atom. The molecule has 1 rings (SSSR count). The van der Waals surface area contributed by atoms with Crippen LogP contribution in [0.5, 0.6) is 0 Å². The number of nitro groups is 2. The summed E-state index contributed by atoms with van der Waals surface area (Å²) in [6.07, 6.45) is 0. The molecular formula is C10H12N2O6. The maximum absolute atomic E-state index is 10.7. The van der Waals surface area contributed by atoms with Gasteiger partial charge in [0.1, 0.15) is 0 Å². The van der Waals surface area contributed by atoms with Crippen LogP contribution in [0, 0.1) is 27.2 Å². The fourth-order valence-electron chi connectivity index (χ4n) is 1.20. The van der Waals surface area contributed by atoms with Crippen LogP contribution in [0.15, 0.2) is 12.1 Å². The van der Waals surface area contributed by atoms with Crippen molar-refractivity contribution in [2.45, 2.75) is 20.8 Å². The van der Waals surface area contributed by atoms with Crippen molar-refractivity contribution in [3.05, 3.63) is 43.5 Å². The molecule has 0 bridgehead atoms. The summed E-state index contributed by atoms with van der Waals surface area (Å²) in [5.41, 5.74) is -1.75. The van der Waals surface area contributed by atoms with Gasteiger partial charge in [0.25, 0.3) is 11.4 Å². The van der Waals surface area contributed by atoms with Crippen molar-refractivity contribution >= 4 is 17.3 Å². The van der Waals surface area contributed by atoms with Gasteiger partial charge < -0.3 is 5.11 Å². The first kappa shape index (κ1) is 15.5. The molecule has 8 nitrogen and oxygen atoms in total. The molecule has 0 heterocycles. The van der Waals surface area contributed by atoms with Crippen LogP contribution in [0.3, 0.4) is 0 Å². The maximum Gasteiger partial charge on any atom is 0.336 e.